The maximum atomic E-state index is 12.1. The summed E-state index contributed by atoms with van der Waals surface area (Å²) in [6.07, 6.45) is 0. The van der Waals surface area contributed by atoms with Crippen molar-refractivity contribution in [1.82, 2.24) is 9.97 Å². The van der Waals surface area contributed by atoms with Gasteiger partial charge in [0.1, 0.15) is 0 Å². The van der Waals surface area contributed by atoms with Gasteiger partial charge in [0.05, 0.1) is 16.8 Å². The van der Waals surface area contributed by atoms with Crippen LogP contribution in [0.3, 0.4) is 0 Å². The van der Waals surface area contributed by atoms with E-state index in [0.29, 0.717) is 15.9 Å². The number of nitrogens with one attached hydrogen (secondary N) is 2. The zero-order chi connectivity index (χ0) is 16.4. The van der Waals surface area contributed by atoms with Gasteiger partial charge in [-0.3, -0.25) is 4.79 Å². The maximum Gasteiger partial charge on any atom is 0.234 e. The van der Waals surface area contributed by atoms with Crippen LogP contribution < -0.4 is 5.32 Å². The van der Waals surface area contributed by atoms with Gasteiger partial charge in [0.25, 0.3) is 0 Å². The highest BCUT2D eigenvalue weighted by molar-refractivity contribution is 7.99. The molecular weight excluding hydrogens is 330 g/mol. The summed E-state index contributed by atoms with van der Waals surface area (Å²) in [6, 6.07) is 11.4. The molecule has 0 saturated heterocycles. The number of benzene rings is 2. The molecule has 2 aromatic carbocycles. The van der Waals surface area contributed by atoms with Gasteiger partial charge in [-0.1, -0.05) is 41.1 Å². The highest BCUT2D eigenvalue weighted by atomic mass is 35.5. The molecular formula is C17H16ClN3OS. The minimum Gasteiger partial charge on any atom is -0.333 e. The van der Waals surface area contributed by atoms with Crippen LogP contribution in [0.15, 0.2) is 41.6 Å². The third-order valence-electron chi connectivity index (χ3n) is 3.42. The van der Waals surface area contributed by atoms with Crippen molar-refractivity contribution in [3.8, 4) is 0 Å². The Kier molecular flexibility index (Phi) is 4.59. The Morgan fingerprint density at radius 1 is 1.26 bits per heavy atom. The van der Waals surface area contributed by atoms with Crippen LogP contribution in [0.2, 0.25) is 5.02 Å². The molecule has 0 radical (unpaired) electrons. The monoisotopic (exact) mass is 345 g/mol. The second kappa shape index (κ2) is 6.64. The molecule has 0 fully saturated rings. The summed E-state index contributed by atoms with van der Waals surface area (Å²) in [4.78, 5) is 19.7. The van der Waals surface area contributed by atoms with E-state index >= 15 is 0 Å². The van der Waals surface area contributed by atoms with Crippen LogP contribution in [-0.2, 0) is 4.79 Å². The van der Waals surface area contributed by atoms with E-state index in [1.165, 1.54) is 17.3 Å². The summed E-state index contributed by atoms with van der Waals surface area (Å²) in [7, 11) is 0. The number of thioether (sulfide) groups is 1. The molecule has 0 aliphatic heterocycles. The number of H-pyrrole nitrogens is 1. The molecule has 118 valence electrons. The standard InChI is InChI=1S/C17H16ClN3OS/c1-10-3-5-13(11(2)7-10)19-16(22)9-23-17-20-14-6-4-12(18)8-15(14)21-17/h3-8H,9H2,1-2H3,(H,19,22)(H,20,21). The molecule has 1 aromatic heterocycles. The largest absolute Gasteiger partial charge is 0.333 e. The molecule has 1 amide bonds. The van der Waals surface area contributed by atoms with Gasteiger partial charge in [0.2, 0.25) is 5.91 Å². The lowest BCUT2D eigenvalue weighted by molar-refractivity contribution is -0.113. The molecule has 0 unspecified atom stereocenters. The first-order valence-electron chi connectivity index (χ1n) is 7.16. The van der Waals surface area contributed by atoms with Crippen molar-refractivity contribution in [3.05, 3.63) is 52.5 Å². The van der Waals surface area contributed by atoms with Crippen molar-refractivity contribution >= 4 is 46.0 Å². The number of hydrogen-bond donors (Lipinski definition) is 2. The molecule has 0 aliphatic rings. The molecule has 0 spiro atoms. The van der Waals surface area contributed by atoms with Crippen molar-refractivity contribution < 1.29 is 4.79 Å². The fourth-order valence-electron chi connectivity index (χ4n) is 2.30. The number of aryl methyl sites for hydroxylation is 2. The smallest absolute Gasteiger partial charge is 0.234 e. The molecule has 23 heavy (non-hydrogen) atoms. The van der Waals surface area contributed by atoms with Crippen LogP contribution in [0, 0.1) is 13.8 Å². The first-order valence-corrected chi connectivity index (χ1v) is 8.53. The predicted molar refractivity (Wildman–Crippen MR) is 96.4 cm³/mol. The molecule has 2 N–H and O–H groups in total. The minimum atomic E-state index is -0.0551. The van der Waals surface area contributed by atoms with Crippen LogP contribution in [0.5, 0.6) is 0 Å². The van der Waals surface area contributed by atoms with E-state index in [2.05, 4.69) is 15.3 Å². The van der Waals surface area contributed by atoms with Gasteiger partial charge in [-0.05, 0) is 43.7 Å². The van der Waals surface area contributed by atoms with Crippen molar-refractivity contribution in [2.45, 2.75) is 19.0 Å². The first-order chi connectivity index (χ1) is 11.0. The number of carbonyl (C=O) groups excluding carboxylic acids is 1. The second-order valence-electron chi connectivity index (χ2n) is 5.36. The summed E-state index contributed by atoms with van der Waals surface area (Å²) in [6.45, 7) is 4.01. The lowest BCUT2D eigenvalue weighted by Crippen LogP contribution is -2.14. The molecule has 0 atom stereocenters. The van der Waals surface area contributed by atoms with Crippen LogP contribution in [0.4, 0.5) is 5.69 Å². The van der Waals surface area contributed by atoms with E-state index < -0.39 is 0 Å². The van der Waals surface area contributed by atoms with Gasteiger partial charge in [0.15, 0.2) is 5.16 Å². The van der Waals surface area contributed by atoms with Crippen molar-refractivity contribution in [1.29, 1.82) is 0 Å². The van der Waals surface area contributed by atoms with Gasteiger partial charge < -0.3 is 10.3 Å². The normalized spacial score (nSPS) is 10.9. The molecule has 4 nitrogen and oxygen atoms in total. The highest BCUT2D eigenvalue weighted by Crippen LogP contribution is 2.23. The Morgan fingerprint density at radius 3 is 2.87 bits per heavy atom. The number of nitrogens with zero attached hydrogens (tertiary/aromatic N) is 1. The molecule has 0 saturated carbocycles. The second-order valence-corrected chi connectivity index (χ2v) is 6.76. The number of anilines is 1. The van der Waals surface area contributed by atoms with Crippen molar-refractivity contribution in [2.24, 2.45) is 0 Å². The van der Waals surface area contributed by atoms with Gasteiger partial charge in [-0.15, -0.1) is 0 Å². The van der Waals surface area contributed by atoms with Crippen LogP contribution in [0.1, 0.15) is 11.1 Å². The molecule has 0 bridgehead atoms. The number of halogens is 1. The summed E-state index contributed by atoms with van der Waals surface area (Å²) in [5.74, 6) is 0.237. The average molecular weight is 346 g/mol. The zero-order valence-corrected chi connectivity index (χ0v) is 14.4. The van der Waals surface area contributed by atoms with E-state index in [1.807, 2.05) is 44.2 Å². The highest BCUT2D eigenvalue weighted by Gasteiger charge is 2.09. The Labute approximate surface area is 143 Å². The van der Waals surface area contributed by atoms with Crippen LogP contribution in [0.25, 0.3) is 11.0 Å². The van der Waals surface area contributed by atoms with Crippen LogP contribution >= 0.6 is 23.4 Å². The first kappa shape index (κ1) is 15.9. The minimum absolute atomic E-state index is 0.0551. The SMILES string of the molecule is Cc1ccc(NC(=O)CSc2nc3ccc(Cl)cc3[nH]2)c(C)c1. The molecule has 6 heteroatoms. The molecule has 0 aliphatic carbocycles. The lowest BCUT2D eigenvalue weighted by Gasteiger charge is -2.08. The topological polar surface area (TPSA) is 57.8 Å². The maximum absolute atomic E-state index is 12.1. The quantitative estimate of drug-likeness (QED) is 0.681. The number of imidazole rings is 1. The number of rotatable bonds is 4. The number of aromatic nitrogens is 2. The van der Waals surface area contributed by atoms with Gasteiger partial charge in [-0.2, -0.15) is 0 Å². The summed E-state index contributed by atoms with van der Waals surface area (Å²) >= 11 is 7.32. The van der Waals surface area contributed by atoms with Crippen molar-refractivity contribution in [3.63, 3.8) is 0 Å². The van der Waals surface area contributed by atoms with Crippen LogP contribution in [-0.4, -0.2) is 21.6 Å². The third-order valence-corrected chi connectivity index (χ3v) is 4.53. The van der Waals surface area contributed by atoms with Gasteiger partial charge in [-0.25, -0.2) is 4.98 Å². The summed E-state index contributed by atoms with van der Waals surface area (Å²) in [5, 5.41) is 4.29. The van der Waals surface area contributed by atoms with Gasteiger partial charge in [0, 0.05) is 10.7 Å². The van der Waals surface area contributed by atoms with E-state index in [1.54, 1.807) is 6.07 Å². The number of amides is 1. The van der Waals surface area contributed by atoms with E-state index in [-0.39, 0.29) is 5.91 Å². The number of aromatic amines is 1. The van der Waals surface area contributed by atoms with E-state index in [9.17, 15) is 4.79 Å². The average Bonchev–Trinajstić information content (AvgIpc) is 2.90. The Balaban J connectivity index is 1.63. The fraction of sp³-hybridized carbons (Fsp3) is 0.176. The Morgan fingerprint density at radius 2 is 2.09 bits per heavy atom. The number of carbonyl (C=O) groups is 1. The molecule has 3 aromatic rings. The lowest BCUT2D eigenvalue weighted by atomic mass is 10.1. The Hall–Kier alpha value is -1.98. The van der Waals surface area contributed by atoms with E-state index in [4.69, 9.17) is 11.6 Å². The predicted octanol–water partition coefficient (Wildman–Crippen LogP) is 4.56. The summed E-state index contributed by atoms with van der Waals surface area (Å²) < 4.78 is 0. The summed E-state index contributed by atoms with van der Waals surface area (Å²) in [5.41, 5.74) is 4.79. The number of fused-ring (bicyclic) bond motifs is 1. The molecule has 1 heterocycles. The van der Waals surface area contributed by atoms with Gasteiger partial charge >= 0.3 is 0 Å². The zero-order valence-electron chi connectivity index (χ0n) is 12.8. The number of hydrogen-bond acceptors (Lipinski definition) is 3. The fourth-order valence-corrected chi connectivity index (χ4v) is 3.16. The molecule has 3 rings (SSSR count). The van der Waals surface area contributed by atoms with E-state index in [0.717, 1.165) is 22.3 Å². The Bertz CT molecular complexity index is 875. The van der Waals surface area contributed by atoms with Crippen molar-refractivity contribution in [2.75, 3.05) is 11.1 Å². The third kappa shape index (κ3) is 3.86.